The summed E-state index contributed by atoms with van der Waals surface area (Å²) in [5, 5.41) is 2.88. The fourth-order valence-electron chi connectivity index (χ4n) is 2.87. The van der Waals surface area contributed by atoms with E-state index in [2.05, 4.69) is 22.3 Å². The topological polar surface area (TPSA) is 54.7 Å². The molecule has 122 valence electrons. The quantitative estimate of drug-likeness (QED) is 0.854. The van der Waals surface area contributed by atoms with E-state index in [0.717, 1.165) is 31.0 Å². The van der Waals surface area contributed by atoms with Gasteiger partial charge in [-0.3, -0.25) is 9.69 Å². The monoisotopic (exact) mass is 314 g/mol. The minimum absolute atomic E-state index is 0.0534. The van der Waals surface area contributed by atoms with E-state index in [1.165, 1.54) is 5.56 Å². The Bertz CT molecular complexity index is 639. The normalized spacial score (nSPS) is 17.5. The van der Waals surface area contributed by atoms with Gasteiger partial charge in [0.15, 0.2) is 0 Å². The lowest BCUT2D eigenvalue weighted by molar-refractivity contribution is -0.122. The summed E-state index contributed by atoms with van der Waals surface area (Å²) in [5.41, 5.74) is 1.26. The van der Waals surface area contributed by atoms with Gasteiger partial charge < -0.3 is 14.5 Å². The number of methoxy groups -OCH3 is 1. The van der Waals surface area contributed by atoms with Crippen molar-refractivity contribution in [1.82, 2.24) is 10.2 Å². The van der Waals surface area contributed by atoms with Crippen molar-refractivity contribution in [3.8, 4) is 5.75 Å². The lowest BCUT2D eigenvalue weighted by Gasteiger charge is -2.41. The number of furan rings is 1. The summed E-state index contributed by atoms with van der Waals surface area (Å²) in [6, 6.07) is 12.2. The molecular weight excluding hydrogens is 292 g/mol. The zero-order chi connectivity index (χ0) is 16.1. The minimum atomic E-state index is 0.0534. The Morgan fingerprint density at radius 2 is 2.30 bits per heavy atom. The van der Waals surface area contributed by atoms with Crippen LogP contribution in [0.25, 0.3) is 0 Å². The van der Waals surface area contributed by atoms with E-state index in [-0.39, 0.29) is 5.91 Å². The van der Waals surface area contributed by atoms with E-state index < -0.39 is 0 Å². The summed E-state index contributed by atoms with van der Waals surface area (Å²) < 4.78 is 10.5. The zero-order valence-corrected chi connectivity index (χ0v) is 13.3. The largest absolute Gasteiger partial charge is 0.497 e. The molecule has 0 bridgehead atoms. The molecule has 1 atom stereocenters. The molecule has 1 saturated heterocycles. The van der Waals surface area contributed by atoms with Crippen LogP contribution in [0.15, 0.2) is 47.1 Å². The number of nitrogens with zero attached hydrogens (tertiary/aromatic N) is 1. The van der Waals surface area contributed by atoms with E-state index in [4.69, 9.17) is 9.15 Å². The highest BCUT2D eigenvalue weighted by atomic mass is 16.5. The zero-order valence-electron chi connectivity index (χ0n) is 13.3. The predicted molar refractivity (Wildman–Crippen MR) is 87.1 cm³/mol. The summed E-state index contributed by atoms with van der Waals surface area (Å²) >= 11 is 0. The number of likely N-dealkylation sites (tertiary alicyclic amines) is 1. The van der Waals surface area contributed by atoms with Crippen molar-refractivity contribution in [1.29, 1.82) is 0 Å². The fourth-order valence-corrected chi connectivity index (χ4v) is 2.87. The standard InChI is InChI=1S/C18H22N2O3/c1-22-15-5-2-4-14(12-15)17-7-9-20(17)10-8-18(21)19-13-16-6-3-11-23-16/h2-6,11-12,17H,7-10,13H2,1H3,(H,19,21)/t17-/m0/s1. The minimum Gasteiger partial charge on any atom is -0.497 e. The second-order valence-electron chi connectivity index (χ2n) is 5.72. The lowest BCUT2D eigenvalue weighted by Crippen LogP contribution is -2.42. The fraction of sp³-hybridized carbons (Fsp3) is 0.389. The van der Waals surface area contributed by atoms with Crippen LogP contribution in [0.5, 0.6) is 5.75 Å². The maximum absolute atomic E-state index is 11.9. The number of carbonyl (C=O) groups is 1. The Morgan fingerprint density at radius 3 is 3.00 bits per heavy atom. The van der Waals surface area contributed by atoms with Gasteiger partial charge in [-0.2, -0.15) is 0 Å². The third kappa shape index (κ3) is 3.93. The van der Waals surface area contributed by atoms with Crippen LogP contribution >= 0.6 is 0 Å². The van der Waals surface area contributed by atoms with Gasteiger partial charge in [0.25, 0.3) is 0 Å². The maximum atomic E-state index is 11.9. The predicted octanol–water partition coefficient (Wildman–Crippen LogP) is 2.74. The molecule has 1 fully saturated rings. The molecule has 2 aromatic rings. The number of hydrogen-bond acceptors (Lipinski definition) is 4. The summed E-state index contributed by atoms with van der Waals surface area (Å²) in [5.74, 6) is 1.71. The smallest absolute Gasteiger partial charge is 0.221 e. The second kappa shape index (κ2) is 7.33. The van der Waals surface area contributed by atoms with E-state index >= 15 is 0 Å². The molecule has 1 aliphatic heterocycles. The molecule has 1 aromatic carbocycles. The molecule has 23 heavy (non-hydrogen) atoms. The maximum Gasteiger partial charge on any atom is 0.221 e. The molecule has 5 nitrogen and oxygen atoms in total. The SMILES string of the molecule is COc1cccc([C@@H]2CCN2CCC(=O)NCc2ccco2)c1. The van der Waals surface area contributed by atoms with Gasteiger partial charge in [0, 0.05) is 25.6 Å². The molecule has 2 heterocycles. The average molecular weight is 314 g/mol. The highest BCUT2D eigenvalue weighted by Crippen LogP contribution is 2.34. The number of amides is 1. The van der Waals surface area contributed by atoms with Crippen molar-refractivity contribution in [3.63, 3.8) is 0 Å². The summed E-state index contributed by atoms with van der Waals surface area (Å²) in [6.07, 6.45) is 3.24. The molecule has 0 radical (unpaired) electrons. The van der Waals surface area contributed by atoms with Gasteiger partial charge in [-0.25, -0.2) is 0 Å². The summed E-state index contributed by atoms with van der Waals surface area (Å²) in [7, 11) is 1.68. The Morgan fingerprint density at radius 1 is 1.39 bits per heavy atom. The molecule has 0 saturated carbocycles. The van der Waals surface area contributed by atoms with Gasteiger partial charge >= 0.3 is 0 Å². The first-order valence-corrected chi connectivity index (χ1v) is 7.93. The van der Waals surface area contributed by atoms with Crippen LogP contribution in [0, 0.1) is 0 Å². The first-order chi connectivity index (χ1) is 11.3. The van der Waals surface area contributed by atoms with Crippen LogP contribution < -0.4 is 10.1 Å². The molecule has 0 spiro atoms. The van der Waals surface area contributed by atoms with Crippen LogP contribution in [0.3, 0.4) is 0 Å². The number of nitrogens with one attached hydrogen (secondary N) is 1. The highest BCUT2D eigenvalue weighted by molar-refractivity contribution is 5.76. The average Bonchev–Trinajstić information content (AvgIpc) is 3.06. The van der Waals surface area contributed by atoms with Gasteiger partial charge in [-0.05, 0) is 36.2 Å². The number of ether oxygens (including phenoxy) is 1. The second-order valence-corrected chi connectivity index (χ2v) is 5.72. The Labute approximate surface area is 136 Å². The van der Waals surface area contributed by atoms with Crippen molar-refractivity contribution in [2.75, 3.05) is 20.2 Å². The van der Waals surface area contributed by atoms with Crippen LogP contribution in [-0.4, -0.2) is 31.0 Å². The molecule has 5 heteroatoms. The van der Waals surface area contributed by atoms with Crippen LogP contribution in [0.4, 0.5) is 0 Å². The third-order valence-electron chi connectivity index (χ3n) is 4.28. The molecule has 3 rings (SSSR count). The van der Waals surface area contributed by atoms with Gasteiger partial charge in [-0.15, -0.1) is 0 Å². The van der Waals surface area contributed by atoms with Crippen LogP contribution in [0.2, 0.25) is 0 Å². The molecular formula is C18H22N2O3. The number of benzene rings is 1. The van der Waals surface area contributed by atoms with E-state index in [9.17, 15) is 4.79 Å². The van der Waals surface area contributed by atoms with E-state index in [0.29, 0.717) is 19.0 Å². The number of carbonyl (C=O) groups excluding carboxylic acids is 1. The first-order valence-electron chi connectivity index (χ1n) is 7.93. The summed E-state index contributed by atoms with van der Waals surface area (Å²) in [6.45, 7) is 2.25. The highest BCUT2D eigenvalue weighted by Gasteiger charge is 2.29. The van der Waals surface area contributed by atoms with Crippen molar-refractivity contribution in [2.24, 2.45) is 0 Å². The van der Waals surface area contributed by atoms with Gasteiger partial charge in [0.2, 0.25) is 5.91 Å². The third-order valence-corrected chi connectivity index (χ3v) is 4.28. The van der Waals surface area contributed by atoms with E-state index in [1.807, 2.05) is 24.3 Å². The molecule has 1 amide bonds. The van der Waals surface area contributed by atoms with Crippen LogP contribution in [-0.2, 0) is 11.3 Å². The Balaban J connectivity index is 1.45. The lowest BCUT2D eigenvalue weighted by atomic mass is 9.94. The molecule has 1 aromatic heterocycles. The number of rotatable bonds is 7. The van der Waals surface area contributed by atoms with Crippen molar-refractivity contribution in [2.45, 2.75) is 25.4 Å². The molecule has 1 aliphatic rings. The van der Waals surface area contributed by atoms with Crippen LogP contribution in [0.1, 0.15) is 30.2 Å². The molecule has 0 unspecified atom stereocenters. The Kier molecular flexibility index (Phi) is 4.98. The molecule has 0 aliphatic carbocycles. The number of hydrogen-bond donors (Lipinski definition) is 1. The van der Waals surface area contributed by atoms with Crippen molar-refractivity contribution >= 4 is 5.91 Å². The van der Waals surface area contributed by atoms with E-state index in [1.54, 1.807) is 13.4 Å². The van der Waals surface area contributed by atoms with Gasteiger partial charge in [0.1, 0.15) is 11.5 Å². The van der Waals surface area contributed by atoms with Gasteiger partial charge in [-0.1, -0.05) is 12.1 Å². The van der Waals surface area contributed by atoms with Crippen molar-refractivity contribution < 1.29 is 13.9 Å². The van der Waals surface area contributed by atoms with Gasteiger partial charge in [0.05, 0.1) is 19.9 Å². The first kappa shape index (κ1) is 15.6. The summed E-state index contributed by atoms with van der Waals surface area (Å²) in [4.78, 5) is 14.3. The molecule has 1 N–H and O–H groups in total. The van der Waals surface area contributed by atoms with Crippen molar-refractivity contribution in [3.05, 3.63) is 54.0 Å². The Hall–Kier alpha value is -2.27.